The average Bonchev–Trinajstić information content (AvgIpc) is 2.49. The molecule has 1 aromatic rings. The van der Waals surface area contributed by atoms with Crippen LogP contribution in [0.15, 0.2) is 24.4 Å². The smallest absolute Gasteiger partial charge is 0.409 e. The quantitative estimate of drug-likeness (QED) is 0.918. The minimum atomic E-state index is -0.191. The summed E-state index contributed by atoms with van der Waals surface area (Å²) in [5, 5.41) is 3.59. The summed E-state index contributed by atoms with van der Waals surface area (Å²) in [6.45, 7) is 5.91. The van der Waals surface area contributed by atoms with E-state index in [1.54, 1.807) is 4.90 Å². The highest BCUT2D eigenvalue weighted by atomic mass is 16.6. The van der Waals surface area contributed by atoms with Crippen LogP contribution in [0.1, 0.15) is 38.4 Å². The molecular formula is C15H23N3O2. The van der Waals surface area contributed by atoms with Crippen molar-refractivity contribution in [3.63, 3.8) is 0 Å². The van der Waals surface area contributed by atoms with Gasteiger partial charge in [0.05, 0.1) is 12.3 Å². The molecule has 110 valence electrons. The van der Waals surface area contributed by atoms with E-state index in [1.165, 1.54) is 0 Å². The zero-order chi connectivity index (χ0) is 14.4. The van der Waals surface area contributed by atoms with Crippen LogP contribution in [0, 0.1) is 0 Å². The summed E-state index contributed by atoms with van der Waals surface area (Å²) in [5.74, 6) is 0. The molecule has 2 heterocycles. The number of aromatic nitrogens is 1. The first-order chi connectivity index (χ1) is 9.70. The van der Waals surface area contributed by atoms with Crippen LogP contribution in [0.25, 0.3) is 0 Å². The standard InChI is InChI=1S/C15H23N3O2/c1-3-20-15(19)18-10-7-13(8-11-18)17-12(2)14-6-4-5-9-16-14/h4-6,9,12-13,17H,3,7-8,10-11H2,1-2H3/t12-/m1/s1. The normalized spacial score (nSPS) is 17.8. The lowest BCUT2D eigenvalue weighted by atomic mass is 10.0. The minimum Gasteiger partial charge on any atom is -0.450 e. The lowest BCUT2D eigenvalue weighted by Crippen LogP contribution is -2.45. The van der Waals surface area contributed by atoms with E-state index in [1.807, 2.05) is 31.3 Å². The molecule has 0 unspecified atom stereocenters. The Kier molecular flexibility index (Phi) is 5.35. The molecule has 0 saturated carbocycles. The predicted molar refractivity (Wildman–Crippen MR) is 77.4 cm³/mol. The second kappa shape index (κ2) is 7.24. The fraction of sp³-hybridized carbons (Fsp3) is 0.600. The molecule has 1 aromatic heterocycles. The Labute approximate surface area is 120 Å². The number of pyridine rings is 1. The number of hydrogen-bond donors (Lipinski definition) is 1. The number of hydrogen-bond acceptors (Lipinski definition) is 4. The zero-order valence-electron chi connectivity index (χ0n) is 12.2. The van der Waals surface area contributed by atoms with Crippen molar-refractivity contribution in [2.24, 2.45) is 0 Å². The molecule has 0 aromatic carbocycles. The molecule has 1 fully saturated rings. The maximum Gasteiger partial charge on any atom is 0.409 e. The lowest BCUT2D eigenvalue weighted by Gasteiger charge is -2.33. The van der Waals surface area contributed by atoms with Gasteiger partial charge in [-0.05, 0) is 38.8 Å². The minimum absolute atomic E-state index is 0.191. The van der Waals surface area contributed by atoms with Crippen molar-refractivity contribution in [1.82, 2.24) is 15.2 Å². The first-order valence-corrected chi connectivity index (χ1v) is 7.29. The molecule has 0 radical (unpaired) electrons. The summed E-state index contributed by atoms with van der Waals surface area (Å²) in [7, 11) is 0. The molecule has 20 heavy (non-hydrogen) atoms. The molecule has 1 atom stereocenters. The van der Waals surface area contributed by atoms with Gasteiger partial charge < -0.3 is 15.0 Å². The van der Waals surface area contributed by atoms with E-state index in [2.05, 4.69) is 17.2 Å². The monoisotopic (exact) mass is 277 g/mol. The number of piperidine rings is 1. The van der Waals surface area contributed by atoms with Crippen molar-refractivity contribution < 1.29 is 9.53 Å². The van der Waals surface area contributed by atoms with E-state index in [0.29, 0.717) is 12.6 Å². The molecule has 1 aliphatic rings. The first kappa shape index (κ1) is 14.8. The molecule has 5 heteroatoms. The van der Waals surface area contributed by atoms with Crippen molar-refractivity contribution in [3.8, 4) is 0 Å². The van der Waals surface area contributed by atoms with Gasteiger partial charge >= 0.3 is 6.09 Å². The van der Waals surface area contributed by atoms with Gasteiger partial charge in [-0.25, -0.2) is 4.79 Å². The van der Waals surface area contributed by atoms with Crippen molar-refractivity contribution >= 4 is 6.09 Å². The van der Waals surface area contributed by atoms with Crippen molar-refractivity contribution in [1.29, 1.82) is 0 Å². The van der Waals surface area contributed by atoms with E-state index in [-0.39, 0.29) is 12.1 Å². The largest absolute Gasteiger partial charge is 0.450 e. The van der Waals surface area contributed by atoms with Crippen molar-refractivity contribution in [2.45, 2.75) is 38.8 Å². The third kappa shape index (κ3) is 3.93. The Morgan fingerprint density at radius 3 is 2.85 bits per heavy atom. The number of amides is 1. The lowest BCUT2D eigenvalue weighted by molar-refractivity contribution is 0.0943. The van der Waals surface area contributed by atoms with Gasteiger partial charge in [-0.3, -0.25) is 4.98 Å². The van der Waals surface area contributed by atoms with E-state index < -0.39 is 0 Å². The molecular weight excluding hydrogens is 254 g/mol. The predicted octanol–water partition coefficient (Wildman–Crippen LogP) is 2.35. The van der Waals surface area contributed by atoms with Crippen LogP contribution in [0.5, 0.6) is 0 Å². The van der Waals surface area contributed by atoms with E-state index in [4.69, 9.17) is 4.74 Å². The summed E-state index contributed by atoms with van der Waals surface area (Å²) >= 11 is 0. The fourth-order valence-electron chi connectivity index (χ4n) is 2.51. The number of nitrogens with one attached hydrogen (secondary N) is 1. The van der Waals surface area contributed by atoms with Gasteiger partial charge in [0.1, 0.15) is 0 Å². The van der Waals surface area contributed by atoms with Crippen molar-refractivity contribution in [2.75, 3.05) is 19.7 Å². The highest BCUT2D eigenvalue weighted by molar-refractivity contribution is 5.67. The summed E-state index contributed by atoms with van der Waals surface area (Å²) in [6.07, 6.45) is 3.53. The Hall–Kier alpha value is -1.62. The fourth-order valence-corrected chi connectivity index (χ4v) is 2.51. The second-order valence-corrected chi connectivity index (χ2v) is 5.10. The van der Waals surface area contributed by atoms with Gasteiger partial charge in [-0.2, -0.15) is 0 Å². The van der Waals surface area contributed by atoms with Gasteiger partial charge in [-0.1, -0.05) is 6.07 Å². The Morgan fingerprint density at radius 2 is 2.25 bits per heavy atom. The molecule has 2 rings (SSSR count). The second-order valence-electron chi connectivity index (χ2n) is 5.10. The van der Waals surface area contributed by atoms with Crippen LogP contribution in [0.3, 0.4) is 0 Å². The molecule has 0 bridgehead atoms. The Morgan fingerprint density at radius 1 is 1.50 bits per heavy atom. The zero-order valence-corrected chi connectivity index (χ0v) is 12.2. The summed E-state index contributed by atoms with van der Waals surface area (Å²) in [5.41, 5.74) is 1.06. The topological polar surface area (TPSA) is 54.5 Å². The van der Waals surface area contributed by atoms with Crippen LogP contribution < -0.4 is 5.32 Å². The number of ether oxygens (including phenoxy) is 1. The van der Waals surface area contributed by atoms with Crippen LogP contribution in [0.4, 0.5) is 4.79 Å². The van der Waals surface area contributed by atoms with Gasteiger partial charge in [0.25, 0.3) is 0 Å². The molecule has 1 saturated heterocycles. The van der Waals surface area contributed by atoms with Crippen LogP contribution in [-0.4, -0.2) is 41.7 Å². The molecule has 5 nitrogen and oxygen atoms in total. The van der Waals surface area contributed by atoms with Crippen LogP contribution in [-0.2, 0) is 4.74 Å². The summed E-state index contributed by atoms with van der Waals surface area (Å²) in [6, 6.07) is 6.62. The van der Waals surface area contributed by atoms with E-state index in [9.17, 15) is 4.79 Å². The van der Waals surface area contributed by atoms with Crippen LogP contribution >= 0.6 is 0 Å². The average molecular weight is 277 g/mol. The number of carbonyl (C=O) groups is 1. The van der Waals surface area contributed by atoms with Gasteiger partial charge in [-0.15, -0.1) is 0 Å². The van der Waals surface area contributed by atoms with Gasteiger partial charge in [0.15, 0.2) is 0 Å². The highest BCUT2D eigenvalue weighted by Gasteiger charge is 2.24. The summed E-state index contributed by atoms with van der Waals surface area (Å²) < 4.78 is 5.02. The molecule has 1 aliphatic heterocycles. The van der Waals surface area contributed by atoms with Crippen molar-refractivity contribution in [3.05, 3.63) is 30.1 Å². The Bertz CT molecular complexity index is 416. The van der Waals surface area contributed by atoms with Crippen LogP contribution in [0.2, 0.25) is 0 Å². The maximum absolute atomic E-state index is 11.6. The first-order valence-electron chi connectivity index (χ1n) is 7.29. The molecule has 1 N–H and O–H groups in total. The third-order valence-electron chi connectivity index (χ3n) is 3.64. The number of likely N-dealkylation sites (tertiary alicyclic amines) is 1. The highest BCUT2D eigenvalue weighted by Crippen LogP contribution is 2.16. The number of rotatable bonds is 4. The molecule has 1 amide bonds. The SMILES string of the molecule is CCOC(=O)N1CCC(N[C@H](C)c2ccccn2)CC1. The van der Waals surface area contributed by atoms with Gasteiger partial charge in [0, 0.05) is 31.4 Å². The van der Waals surface area contributed by atoms with E-state index >= 15 is 0 Å². The number of carbonyl (C=O) groups excluding carboxylic acids is 1. The van der Waals surface area contributed by atoms with E-state index in [0.717, 1.165) is 31.6 Å². The third-order valence-corrected chi connectivity index (χ3v) is 3.64. The molecule has 0 aliphatic carbocycles. The van der Waals surface area contributed by atoms with Gasteiger partial charge in [0.2, 0.25) is 0 Å². The number of nitrogens with zero attached hydrogens (tertiary/aromatic N) is 2. The Balaban J connectivity index is 1.78. The molecule has 0 spiro atoms. The summed E-state index contributed by atoms with van der Waals surface area (Å²) in [4.78, 5) is 17.8. The maximum atomic E-state index is 11.6.